The molecule has 1 aromatic carbocycles. The third-order valence-corrected chi connectivity index (χ3v) is 5.17. The van der Waals surface area contributed by atoms with Gasteiger partial charge in [-0.3, -0.25) is 18.5 Å². The lowest BCUT2D eigenvalue weighted by molar-refractivity contribution is 0.633. The van der Waals surface area contributed by atoms with Gasteiger partial charge in [-0.15, -0.1) is 5.92 Å². The summed E-state index contributed by atoms with van der Waals surface area (Å²) in [6.07, 6.45) is 0. The SMILES string of the molecule is CC#CCn1c(N(C)C)nc2c1c(=O)n(Cc1nc(C)c3ccccc3n1)c(=O)n2C. The zero-order valence-electron chi connectivity index (χ0n) is 18.2. The summed E-state index contributed by atoms with van der Waals surface area (Å²) >= 11 is 0. The summed E-state index contributed by atoms with van der Waals surface area (Å²) in [5.41, 5.74) is 1.31. The van der Waals surface area contributed by atoms with Crippen molar-refractivity contribution >= 4 is 28.0 Å². The molecule has 0 aliphatic carbocycles. The fourth-order valence-corrected chi connectivity index (χ4v) is 3.66. The van der Waals surface area contributed by atoms with Crippen molar-refractivity contribution in [1.29, 1.82) is 0 Å². The molecule has 0 spiro atoms. The zero-order valence-corrected chi connectivity index (χ0v) is 18.2. The van der Waals surface area contributed by atoms with E-state index in [0.717, 1.165) is 21.2 Å². The molecule has 0 bridgehead atoms. The molecule has 3 heterocycles. The number of fused-ring (bicyclic) bond motifs is 2. The van der Waals surface area contributed by atoms with Crippen LogP contribution in [0.15, 0.2) is 33.9 Å². The number of rotatable bonds is 4. The van der Waals surface area contributed by atoms with Crippen LogP contribution < -0.4 is 16.1 Å². The van der Waals surface area contributed by atoms with Gasteiger partial charge in [-0.25, -0.2) is 14.8 Å². The highest BCUT2D eigenvalue weighted by Crippen LogP contribution is 2.18. The second-order valence-electron chi connectivity index (χ2n) is 7.47. The monoisotopic (exact) mass is 417 g/mol. The van der Waals surface area contributed by atoms with Crippen LogP contribution in [0.4, 0.5) is 5.95 Å². The van der Waals surface area contributed by atoms with Gasteiger partial charge in [0.1, 0.15) is 5.82 Å². The summed E-state index contributed by atoms with van der Waals surface area (Å²) in [6, 6.07) is 7.66. The van der Waals surface area contributed by atoms with Crippen molar-refractivity contribution in [2.75, 3.05) is 19.0 Å². The molecular formula is C22H23N7O2. The van der Waals surface area contributed by atoms with Gasteiger partial charge in [-0.1, -0.05) is 24.1 Å². The normalized spacial score (nSPS) is 11.0. The Kier molecular flexibility index (Phi) is 5.07. The van der Waals surface area contributed by atoms with E-state index in [-0.39, 0.29) is 6.54 Å². The first kappa shape index (κ1) is 20.3. The molecule has 3 aromatic heterocycles. The molecule has 0 aliphatic rings. The highest BCUT2D eigenvalue weighted by molar-refractivity contribution is 5.80. The highest BCUT2D eigenvalue weighted by Gasteiger charge is 2.21. The van der Waals surface area contributed by atoms with Crippen molar-refractivity contribution in [3.05, 3.63) is 56.6 Å². The predicted molar refractivity (Wildman–Crippen MR) is 120 cm³/mol. The standard InChI is InChI=1S/C22H23N7O2/c1-6-7-12-28-18-19(25-21(28)26(3)4)27(5)22(31)29(20(18)30)13-17-23-14(2)15-10-8-9-11-16(15)24-17/h8-11H,12-13H2,1-5H3. The van der Waals surface area contributed by atoms with Crippen LogP contribution in [0.1, 0.15) is 18.4 Å². The Morgan fingerprint density at radius 1 is 1.06 bits per heavy atom. The van der Waals surface area contributed by atoms with E-state index in [2.05, 4.69) is 26.8 Å². The van der Waals surface area contributed by atoms with Crippen LogP contribution >= 0.6 is 0 Å². The minimum Gasteiger partial charge on any atom is -0.348 e. The van der Waals surface area contributed by atoms with Crippen molar-refractivity contribution in [1.82, 2.24) is 28.7 Å². The van der Waals surface area contributed by atoms with Crippen LogP contribution in [0.2, 0.25) is 0 Å². The second kappa shape index (κ2) is 7.72. The summed E-state index contributed by atoms with van der Waals surface area (Å²) in [5, 5.41) is 0.939. The molecule has 0 saturated heterocycles. The molecule has 0 atom stereocenters. The average Bonchev–Trinajstić information content (AvgIpc) is 3.14. The van der Waals surface area contributed by atoms with Gasteiger partial charge in [0.05, 0.1) is 18.6 Å². The van der Waals surface area contributed by atoms with Gasteiger partial charge >= 0.3 is 5.69 Å². The molecule has 9 heteroatoms. The van der Waals surface area contributed by atoms with E-state index in [1.165, 1.54) is 4.57 Å². The number of benzene rings is 1. The van der Waals surface area contributed by atoms with E-state index >= 15 is 0 Å². The number of aromatic nitrogens is 6. The Morgan fingerprint density at radius 3 is 2.52 bits per heavy atom. The first-order chi connectivity index (χ1) is 14.8. The smallest absolute Gasteiger partial charge is 0.332 e. The lowest BCUT2D eigenvalue weighted by Crippen LogP contribution is -2.40. The van der Waals surface area contributed by atoms with Crippen LogP contribution in [-0.2, 0) is 20.1 Å². The maximum absolute atomic E-state index is 13.4. The first-order valence-electron chi connectivity index (χ1n) is 9.82. The van der Waals surface area contributed by atoms with Crippen molar-refractivity contribution in [2.24, 2.45) is 7.05 Å². The average molecular weight is 417 g/mol. The summed E-state index contributed by atoms with van der Waals surface area (Å²) in [7, 11) is 5.27. The minimum atomic E-state index is -0.469. The molecule has 9 nitrogen and oxygen atoms in total. The van der Waals surface area contributed by atoms with E-state index in [9.17, 15) is 9.59 Å². The lowest BCUT2D eigenvalue weighted by atomic mass is 10.2. The molecular weight excluding hydrogens is 394 g/mol. The van der Waals surface area contributed by atoms with Crippen LogP contribution in [0.5, 0.6) is 0 Å². The Morgan fingerprint density at radius 2 is 1.81 bits per heavy atom. The van der Waals surface area contributed by atoms with E-state index < -0.39 is 11.2 Å². The van der Waals surface area contributed by atoms with Crippen molar-refractivity contribution in [2.45, 2.75) is 26.9 Å². The van der Waals surface area contributed by atoms with Gasteiger partial charge in [-0.05, 0) is 19.9 Å². The number of aryl methyl sites for hydroxylation is 2. The number of nitrogens with zero attached hydrogens (tertiary/aromatic N) is 7. The molecule has 0 saturated carbocycles. The van der Waals surface area contributed by atoms with Crippen LogP contribution in [-0.4, -0.2) is 42.7 Å². The Hall–Kier alpha value is -3.93. The Bertz CT molecular complexity index is 1500. The van der Waals surface area contributed by atoms with Crippen molar-refractivity contribution in [3.8, 4) is 11.8 Å². The topological polar surface area (TPSA) is 90.8 Å². The predicted octanol–water partition coefficient (Wildman–Crippen LogP) is 1.29. The highest BCUT2D eigenvalue weighted by atomic mass is 16.2. The van der Waals surface area contributed by atoms with Crippen LogP contribution in [0, 0.1) is 18.8 Å². The van der Waals surface area contributed by atoms with Gasteiger partial charge in [-0.2, -0.15) is 4.98 Å². The van der Waals surface area contributed by atoms with Gasteiger partial charge in [0.15, 0.2) is 11.2 Å². The summed E-state index contributed by atoms with van der Waals surface area (Å²) in [6.45, 7) is 3.88. The first-order valence-corrected chi connectivity index (χ1v) is 9.82. The molecule has 0 aliphatic heterocycles. The zero-order chi connectivity index (χ0) is 22.3. The number of hydrogen-bond acceptors (Lipinski definition) is 6. The number of imidazole rings is 1. The van der Waals surface area contributed by atoms with Crippen LogP contribution in [0.3, 0.4) is 0 Å². The third kappa shape index (κ3) is 3.36. The molecule has 0 radical (unpaired) electrons. The molecule has 0 fully saturated rings. The fourth-order valence-electron chi connectivity index (χ4n) is 3.66. The third-order valence-electron chi connectivity index (χ3n) is 5.17. The van der Waals surface area contributed by atoms with Gasteiger partial charge in [0.2, 0.25) is 5.95 Å². The molecule has 0 unspecified atom stereocenters. The summed E-state index contributed by atoms with van der Waals surface area (Å²) < 4.78 is 4.27. The molecule has 4 aromatic rings. The Balaban J connectivity index is 1.96. The van der Waals surface area contributed by atoms with E-state index in [0.29, 0.717) is 29.5 Å². The number of hydrogen-bond donors (Lipinski definition) is 0. The molecule has 31 heavy (non-hydrogen) atoms. The molecule has 0 amide bonds. The number of para-hydroxylation sites is 1. The van der Waals surface area contributed by atoms with Gasteiger partial charge in [0, 0.05) is 32.2 Å². The van der Waals surface area contributed by atoms with E-state index in [4.69, 9.17) is 0 Å². The Labute approximate surface area is 178 Å². The van der Waals surface area contributed by atoms with Crippen molar-refractivity contribution in [3.63, 3.8) is 0 Å². The van der Waals surface area contributed by atoms with Crippen LogP contribution in [0.25, 0.3) is 22.1 Å². The quantitative estimate of drug-likeness (QED) is 0.465. The minimum absolute atomic E-state index is 0.0327. The van der Waals surface area contributed by atoms with Gasteiger partial charge < -0.3 is 4.90 Å². The number of anilines is 1. The molecule has 0 N–H and O–H groups in total. The maximum atomic E-state index is 13.4. The summed E-state index contributed by atoms with van der Waals surface area (Å²) in [5.74, 6) is 6.79. The maximum Gasteiger partial charge on any atom is 0.332 e. The largest absolute Gasteiger partial charge is 0.348 e. The van der Waals surface area contributed by atoms with Crippen molar-refractivity contribution < 1.29 is 0 Å². The van der Waals surface area contributed by atoms with E-state index in [1.54, 1.807) is 23.4 Å². The lowest BCUT2D eigenvalue weighted by Gasteiger charge is -2.13. The van der Waals surface area contributed by atoms with Gasteiger partial charge in [0.25, 0.3) is 5.56 Å². The molecule has 158 valence electrons. The molecule has 4 rings (SSSR count). The second-order valence-corrected chi connectivity index (χ2v) is 7.47. The summed E-state index contributed by atoms with van der Waals surface area (Å²) in [4.78, 5) is 41.9. The fraction of sp³-hybridized carbons (Fsp3) is 0.318. The van der Waals surface area contributed by atoms with E-state index in [1.807, 2.05) is 45.3 Å².